The van der Waals surface area contributed by atoms with Crippen molar-refractivity contribution in [1.29, 1.82) is 0 Å². The lowest BCUT2D eigenvalue weighted by Gasteiger charge is -2.39. The lowest BCUT2D eigenvalue weighted by molar-refractivity contribution is 0.0343. The van der Waals surface area contributed by atoms with Crippen molar-refractivity contribution in [2.45, 2.75) is 32.9 Å². The Morgan fingerprint density at radius 3 is 2.04 bits per heavy atom. The maximum absolute atomic E-state index is 6.25. The number of hydrogen-bond donors (Lipinski definition) is 0. The first kappa shape index (κ1) is 19.7. The van der Waals surface area contributed by atoms with Gasteiger partial charge in [-0.2, -0.15) is 0 Å². The fourth-order valence-corrected chi connectivity index (χ4v) is 3.61. The van der Waals surface area contributed by atoms with Crippen LogP contribution >= 0.6 is 0 Å². The zero-order chi connectivity index (χ0) is 19.1. The van der Waals surface area contributed by atoms with Gasteiger partial charge >= 0.3 is 0 Å². The summed E-state index contributed by atoms with van der Waals surface area (Å²) in [7, 11) is 0. The van der Waals surface area contributed by atoms with Crippen LogP contribution in [-0.2, 0) is 6.54 Å². The summed E-state index contributed by atoms with van der Waals surface area (Å²) in [5, 5.41) is 0. The van der Waals surface area contributed by atoms with Gasteiger partial charge < -0.3 is 9.47 Å². The predicted molar refractivity (Wildman–Crippen MR) is 110 cm³/mol. The summed E-state index contributed by atoms with van der Waals surface area (Å²) in [5.41, 5.74) is 1.17. The second-order valence-electron chi connectivity index (χ2n) is 7.80. The molecule has 1 saturated heterocycles. The van der Waals surface area contributed by atoms with E-state index in [-0.39, 0.29) is 5.60 Å². The fraction of sp³-hybridized carbons (Fsp3) is 0.478. The molecule has 1 heterocycles. The molecule has 1 aliphatic heterocycles. The van der Waals surface area contributed by atoms with Gasteiger partial charge in [0.05, 0.1) is 6.61 Å². The minimum absolute atomic E-state index is 0.227. The van der Waals surface area contributed by atoms with Gasteiger partial charge in [-0.3, -0.25) is 9.80 Å². The highest BCUT2D eigenvalue weighted by Gasteiger charge is 2.26. The average Bonchev–Trinajstić information content (AvgIpc) is 2.66. The van der Waals surface area contributed by atoms with Crippen LogP contribution in [0, 0.1) is 0 Å². The first-order chi connectivity index (χ1) is 13.0. The maximum Gasteiger partial charge on any atom is 0.120 e. The zero-order valence-corrected chi connectivity index (χ0v) is 16.9. The normalized spacial score (nSPS) is 16.3. The van der Waals surface area contributed by atoms with Gasteiger partial charge in [0.1, 0.15) is 17.1 Å². The summed E-state index contributed by atoms with van der Waals surface area (Å²) in [6.07, 6.45) is 0. The van der Waals surface area contributed by atoms with Gasteiger partial charge in [-0.1, -0.05) is 30.3 Å². The topological polar surface area (TPSA) is 24.9 Å². The quantitative estimate of drug-likeness (QED) is 0.701. The van der Waals surface area contributed by atoms with Crippen molar-refractivity contribution in [3.05, 3.63) is 60.2 Å². The number of rotatable bonds is 8. The second-order valence-corrected chi connectivity index (χ2v) is 7.80. The van der Waals surface area contributed by atoms with Crippen molar-refractivity contribution in [2.24, 2.45) is 0 Å². The van der Waals surface area contributed by atoms with E-state index in [1.165, 1.54) is 5.56 Å². The highest BCUT2D eigenvalue weighted by atomic mass is 16.5. The van der Waals surface area contributed by atoms with E-state index in [1.807, 2.05) is 31.2 Å². The molecule has 2 aromatic carbocycles. The van der Waals surface area contributed by atoms with E-state index >= 15 is 0 Å². The van der Waals surface area contributed by atoms with Crippen LogP contribution in [0.5, 0.6) is 11.5 Å². The number of piperazine rings is 1. The Labute approximate surface area is 163 Å². The Morgan fingerprint density at radius 1 is 0.815 bits per heavy atom. The second kappa shape index (κ2) is 9.25. The van der Waals surface area contributed by atoms with E-state index in [9.17, 15) is 0 Å². The SMILES string of the molecule is CCOc1ccc(OC(C)(C)CN2CCN(Cc3ccccc3)CC2)cc1. The summed E-state index contributed by atoms with van der Waals surface area (Å²) in [4.78, 5) is 5.04. The van der Waals surface area contributed by atoms with Crippen LogP contribution in [0.25, 0.3) is 0 Å². The van der Waals surface area contributed by atoms with Crippen molar-refractivity contribution in [3.63, 3.8) is 0 Å². The number of benzene rings is 2. The molecule has 1 fully saturated rings. The molecule has 4 nitrogen and oxygen atoms in total. The van der Waals surface area contributed by atoms with E-state index in [0.717, 1.165) is 50.8 Å². The summed E-state index contributed by atoms with van der Waals surface area (Å²) in [6.45, 7) is 13.4. The van der Waals surface area contributed by atoms with Crippen molar-refractivity contribution in [1.82, 2.24) is 9.80 Å². The smallest absolute Gasteiger partial charge is 0.120 e. The molecule has 3 rings (SSSR count). The molecule has 1 aliphatic rings. The van der Waals surface area contributed by atoms with E-state index in [2.05, 4.69) is 54.0 Å². The van der Waals surface area contributed by atoms with Gasteiger partial charge in [-0.05, 0) is 50.6 Å². The first-order valence-corrected chi connectivity index (χ1v) is 9.94. The summed E-state index contributed by atoms with van der Waals surface area (Å²) < 4.78 is 11.7. The van der Waals surface area contributed by atoms with Crippen LogP contribution in [0.4, 0.5) is 0 Å². The van der Waals surface area contributed by atoms with Gasteiger partial charge in [0.15, 0.2) is 0 Å². The Balaban J connectivity index is 1.45. The molecule has 0 radical (unpaired) electrons. The van der Waals surface area contributed by atoms with Crippen molar-refractivity contribution in [3.8, 4) is 11.5 Å². The van der Waals surface area contributed by atoms with Crippen LogP contribution in [0.3, 0.4) is 0 Å². The largest absolute Gasteiger partial charge is 0.494 e. The third-order valence-electron chi connectivity index (χ3n) is 4.85. The lowest BCUT2D eigenvalue weighted by Crippen LogP contribution is -2.51. The average molecular weight is 369 g/mol. The summed E-state index contributed by atoms with van der Waals surface area (Å²) >= 11 is 0. The standard InChI is InChI=1S/C23H32N2O2/c1-4-26-21-10-12-22(13-11-21)27-23(2,3)19-25-16-14-24(15-17-25)18-20-8-6-5-7-9-20/h5-13H,4,14-19H2,1-3H3. The summed E-state index contributed by atoms with van der Waals surface area (Å²) in [5.74, 6) is 1.78. The molecule has 0 spiro atoms. The third kappa shape index (κ3) is 6.26. The van der Waals surface area contributed by atoms with E-state index in [1.54, 1.807) is 0 Å². The summed E-state index contributed by atoms with van der Waals surface area (Å²) in [6, 6.07) is 18.6. The molecule has 27 heavy (non-hydrogen) atoms. The van der Waals surface area contributed by atoms with Crippen LogP contribution < -0.4 is 9.47 Å². The molecule has 0 atom stereocenters. The molecule has 0 amide bonds. The molecular weight excluding hydrogens is 336 g/mol. The van der Waals surface area contributed by atoms with E-state index < -0.39 is 0 Å². The fourth-order valence-electron chi connectivity index (χ4n) is 3.61. The van der Waals surface area contributed by atoms with Gasteiger partial charge in [0, 0.05) is 39.3 Å². The minimum atomic E-state index is -0.227. The Kier molecular flexibility index (Phi) is 6.75. The monoisotopic (exact) mass is 368 g/mol. The van der Waals surface area contributed by atoms with Crippen LogP contribution in [-0.4, -0.2) is 54.7 Å². The van der Waals surface area contributed by atoms with E-state index in [0.29, 0.717) is 6.61 Å². The Hall–Kier alpha value is -2.04. The highest BCUT2D eigenvalue weighted by Crippen LogP contribution is 2.23. The Bertz CT molecular complexity index is 677. The molecule has 0 aromatic heterocycles. The van der Waals surface area contributed by atoms with Crippen LogP contribution in [0.2, 0.25) is 0 Å². The molecule has 146 valence electrons. The first-order valence-electron chi connectivity index (χ1n) is 9.94. The minimum Gasteiger partial charge on any atom is -0.494 e. The lowest BCUT2D eigenvalue weighted by atomic mass is 10.1. The molecule has 0 unspecified atom stereocenters. The van der Waals surface area contributed by atoms with Gasteiger partial charge in [0.2, 0.25) is 0 Å². The third-order valence-corrected chi connectivity index (χ3v) is 4.85. The van der Waals surface area contributed by atoms with Gasteiger partial charge in [0.25, 0.3) is 0 Å². The van der Waals surface area contributed by atoms with Gasteiger partial charge in [-0.25, -0.2) is 0 Å². The highest BCUT2D eigenvalue weighted by molar-refractivity contribution is 5.31. The van der Waals surface area contributed by atoms with E-state index in [4.69, 9.17) is 9.47 Å². The molecular formula is C23H32N2O2. The molecule has 0 N–H and O–H groups in total. The zero-order valence-electron chi connectivity index (χ0n) is 16.9. The van der Waals surface area contributed by atoms with Crippen molar-refractivity contribution >= 4 is 0 Å². The molecule has 0 saturated carbocycles. The van der Waals surface area contributed by atoms with Gasteiger partial charge in [-0.15, -0.1) is 0 Å². The van der Waals surface area contributed by atoms with Crippen molar-refractivity contribution < 1.29 is 9.47 Å². The molecule has 4 heteroatoms. The predicted octanol–water partition coefficient (Wildman–Crippen LogP) is 4.06. The van der Waals surface area contributed by atoms with Crippen molar-refractivity contribution in [2.75, 3.05) is 39.3 Å². The number of ether oxygens (including phenoxy) is 2. The van der Waals surface area contributed by atoms with Crippen LogP contribution in [0.15, 0.2) is 54.6 Å². The maximum atomic E-state index is 6.25. The van der Waals surface area contributed by atoms with Crippen LogP contribution in [0.1, 0.15) is 26.3 Å². The Morgan fingerprint density at radius 2 is 1.41 bits per heavy atom. The number of nitrogens with zero attached hydrogens (tertiary/aromatic N) is 2. The number of hydrogen-bond acceptors (Lipinski definition) is 4. The molecule has 0 bridgehead atoms. The molecule has 0 aliphatic carbocycles. The molecule has 2 aromatic rings.